The number of aliphatic hydroxyl groups excluding tert-OH is 1. The Labute approximate surface area is 121 Å². The number of halogens is 1. The summed E-state index contributed by atoms with van der Waals surface area (Å²) in [5, 5.41) is 13.9. The van der Waals surface area contributed by atoms with Gasteiger partial charge in [-0.05, 0) is 36.9 Å². The Morgan fingerprint density at radius 3 is 2.79 bits per heavy atom. The molecule has 2 N–H and O–H groups in total. The standard InChI is InChI=1S/C13H16ClN3OS/c1-8(11(7-18)19-2)15-12-9-5-3-4-6-10(9)16-13(14)17-12/h3-6,8,11,18H,7H2,1-2H3,(H,15,16,17). The number of fused-ring (bicyclic) bond motifs is 1. The van der Waals surface area contributed by atoms with Crippen molar-refractivity contribution in [3.63, 3.8) is 0 Å². The van der Waals surface area contributed by atoms with Gasteiger partial charge in [0.2, 0.25) is 5.28 Å². The average molecular weight is 298 g/mol. The van der Waals surface area contributed by atoms with E-state index in [0.29, 0.717) is 5.82 Å². The van der Waals surface area contributed by atoms with Gasteiger partial charge in [-0.2, -0.15) is 11.8 Å². The fraction of sp³-hybridized carbons (Fsp3) is 0.385. The summed E-state index contributed by atoms with van der Waals surface area (Å²) < 4.78 is 0. The van der Waals surface area contributed by atoms with Crippen LogP contribution in [0.15, 0.2) is 24.3 Å². The molecule has 1 aromatic carbocycles. The van der Waals surface area contributed by atoms with Crippen molar-refractivity contribution in [1.82, 2.24) is 9.97 Å². The van der Waals surface area contributed by atoms with E-state index < -0.39 is 0 Å². The SMILES string of the molecule is CSC(CO)C(C)Nc1nc(Cl)nc2ccccc12. The maximum atomic E-state index is 9.32. The molecule has 0 radical (unpaired) electrons. The number of thioether (sulfide) groups is 1. The highest BCUT2D eigenvalue weighted by molar-refractivity contribution is 7.99. The Kier molecular flexibility index (Phi) is 4.85. The third kappa shape index (κ3) is 3.29. The van der Waals surface area contributed by atoms with E-state index in [-0.39, 0.29) is 23.2 Å². The summed E-state index contributed by atoms with van der Waals surface area (Å²) in [4.78, 5) is 8.43. The number of hydrogen-bond donors (Lipinski definition) is 2. The van der Waals surface area contributed by atoms with Crippen LogP contribution in [-0.4, -0.2) is 39.2 Å². The molecule has 1 heterocycles. The van der Waals surface area contributed by atoms with Crippen LogP contribution in [0.25, 0.3) is 10.9 Å². The van der Waals surface area contributed by atoms with Crippen LogP contribution in [-0.2, 0) is 0 Å². The number of aliphatic hydroxyl groups is 1. The summed E-state index contributed by atoms with van der Waals surface area (Å²) in [5.74, 6) is 0.704. The molecule has 0 saturated heterocycles. The molecule has 102 valence electrons. The van der Waals surface area contributed by atoms with Gasteiger partial charge < -0.3 is 10.4 Å². The molecule has 2 atom stereocenters. The lowest BCUT2D eigenvalue weighted by molar-refractivity contribution is 0.288. The van der Waals surface area contributed by atoms with Crippen molar-refractivity contribution in [3.8, 4) is 0 Å². The second kappa shape index (κ2) is 6.41. The van der Waals surface area contributed by atoms with E-state index in [1.165, 1.54) is 0 Å². The summed E-state index contributed by atoms with van der Waals surface area (Å²) in [6, 6.07) is 7.78. The summed E-state index contributed by atoms with van der Waals surface area (Å²) >= 11 is 7.56. The third-order valence-corrected chi connectivity index (χ3v) is 4.31. The zero-order valence-electron chi connectivity index (χ0n) is 10.8. The van der Waals surface area contributed by atoms with Gasteiger partial charge in [0.25, 0.3) is 0 Å². The minimum Gasteiger partial charge on any atom is -0.395 e. The number of nitrogens with zero attached hydrogens (tertiary/aromatic N) is 2. The molecule has 6 heteroatoms. The van der Waals surface area contributed by atoms with Gasteiger partial charge in [0.15, 0.2) is 0 Å². The maximum absolute atomic E-state index is 9.32. The molecule has 2 rings (SSSR count). The first-order valence-electron chi connectivity index (χ1n) is 5.98. The lowest BCUT2D eigenvalue weighted by Crippen LogP contribution is -2.31. The minimum atomic E-state index is 0.0781. The molecule has 0 bridgehead atoms. The Bertz CT molecular complexity index is 563. The van der Waals surface area contributed by atoms with Crippen LogP contribution in [0.2, 0.25) is 5.28 Å². The lowest BCUT2D eigenvalue weighted by atomic mass is 10.2. The van der Waals surface area contributed by atoms with Crippen LogP contribution < -0.4 is 5.32 Å². The monoisotopic (exact) mass is 297 g/mol. The van der Waals surface area contributed by atoms with Gasteiger partial charge in [-0.3, -0.25) is 0 Å². The maximum Gasteiger partial charge on any atom is 0.224 e. The molecule has 0 aliphatic carbocycles. The second-order valence-electron chi connectivity index (χ2n) is 4.25. The third-order valence-electron chi connectivity index (χ3n) is 2.98. The summed E-state index contributed by atoms with van der Waals surface area (Å²) in [7, 11) is 0. The quantitative estimate of drug-likeness (QED) is 0.831. The van der Waals surface area contributed by atoms with E-state index in [4.69, 9.17) is 11.6 Å². The van der Waals surface area contributed by atoms with Gasteiger partial charge in [0, 0.05) is 16.7 Å². The molecular formula is C13H16ClN3OS. The molecule has 0 spiro atoms. The highest BCUT2D eigenvalue weighted by atomic mass is 35.5. The van der Waals surface area contributed by atoms with Crippen LogP contribution >= 0.6 is 23.4 Å². The average Bonchev–Trinajstić information content (AvgIpc) is 2.40. The molecule has 2 unspecified atom stereocenters. The number of aromatic nitrogens is 2. The Morgan fingerprint density at radius 1 is 1.37 bits per heavy atom. The van der Waals surface area contributed by atoms with Crippen LogP contribution in [0.3, 0.4) is 0 Å². The van der Waals surface area contributed by atoms with Crippen molar-refractivity contribution in [2.45, 2.75) is 18.2 Å². The molecular weight excluding hydrogens is 282 g/mol. The van der Waals surface area contributed by atoms with Gasteiger partial charge in [-0.15, -0.1) is 0 Å². The predicted octanol–water partition coefficient (Wildman–Crippen LogP) is 2.81. The van der Waals surface area contributed by atoms with E-state index >= 15 is 0 Å². The fourth-order valence-electron chi connectivity index (χ4n) is 1.90. The lowest BCUT2D eigenvalue weighted by Gasteiger charge is -2.22. The molecule has 4 nitrogen and oxygen atoms in total. The summed E-state index contributed by atoms with van der Waals surface area (Å²) in [6.45, 7) is 2.13. The smallest absolute Gasteiger partial charge is 0.224 e. The molecule has 0 saturated carbocycles. The van der Waals surface area contributed by atoms with Crippen molar-refractivity contribution in [3.05, 3.63) is 29.5 Å². The first-order valence-corrected chi connectivity index (χ1v) is 7.64. The van der Waals surface area contributed by atoms with Gasteiger partial charge in [0.1, 0.15) is 5.82 Å². The van der Waals surface area contributed by atoms with Crippen LogP contribution in [0.5, 0.6) is 0 Å². The molecule has 19 heavy (non-hydrogen) atoms. The molecule has 0 amide bonds. The Hall–Kier alpha value is -1.04. The topological polar surface area (TPSA) is 58.0 Å². The highest BCUT2D eigenvalue weighted by Gasteiger charge is 2.17. The highest BCUT2D eigenvalue weighted by Crippen LogP contribution is 2.24. The molecule has 1 aromatic heterocycles. The summed E-state index contributed by atoms with van der Waals surface area (Å²) in [6.07, 6.45) is 1.98. The normalized spacial score (nSPS) is 14.3. The molecule has 0 aliphatic heterocycles. The first kappa shape index (κ1) is 14.4. The number of benzene rings is 1. The number of para-hydroxylation sites is 1. The van der Waals surface area contributed by atoms with Crippen molar-refractivity contribution in [2.75, 3.05) is 18.2 Å². The van der Waals surface area contributed by atoms with Crippen molar-refractivity contribution in [2.24, 2.45) is 0 Å². The largest absolute Gasteiger partial charge is 0.395 e. The van der Waals surface area contributed by atoms with Crippen molar-refractivity contribution >= 4 is 40.1 Å². The number of rotatable bonds is 5. The van der Waals surface area contributed by atoms with Gasteiger partial charge in [0.05, 0.1) is 12.1 Å². The van der Waals surface area contributed by atoms with E-state index in [2.05, 4.69) is 15.3 Å². The van der Waals surface area contributed by atoms with Gasteiger partial charge in [-0.25, -0.2) is 9.97 Å². The van der Waals surface area contributed by atoms with E-state index in [1.54, 1.807) is 11.8 Å². The van der Waals surface area contributed by atoms with Gasteiger partial charge >= 0.3 is 0 Å². The number of nitrogens with one attached hydrogen (secondary N) is 1. The molecule has 2 aromatic rings. The van der Waals surface area contributed by atoms with E-state index in [9.17, 15) is 5.11 Å². The Balaban J connectivity index is 2.34. The van der Waals surface area contributed by atoms with Crippen LogP contribution in [0, 0.1) is 0 Å². The molecule has 0 aliphatic rings. The van der Waals surface area contributed by atoms with E-state index in [0.717, 1.165) is 10.9 Å². The van der Waals surface area contributed by atoms with E-state index in [1.807, 2.05) is 37.4 Å². The second-order valence-corrected chi connectivity index (χ2v) is 5.66. The number of hydrogen-bond acceptors (Lipinski definition) is 5. The minimum absolute atomic E-state index is 0.0781. The number of anilines is 1. The van der Waals surface area contributed by atoms with Gasteiger partial charge in [-0.1, -0.05) is 12.1 Å². The van der Waals surface area contributed by atoms with Crippen LogP contribution in [0.4, 0.5) is 5.82 Å². The zero-order valence-corrected chi connectivity index (χ0v) is 12.4. The Morgan fingerprint density at radius 2 is 2.11 bits per heavy atom. The van der Waals surface area contributed by atoms with Crippen LogP contribution in [0.1, 0.15) is 6.92 Å². The predicted molar refractivity (Wildman–Crippen MR) is 82.0 cm³/mol. The summed E-state index contributed by atoms with van der Waals surface area (Å²) in [5.41, 5.74) is 0.807. The fourth-order valence-corrected chi connectivity index (χ4v) is 2.70. The van der Waals surface area contributed by atoms with Crippen molar-refractivity contribution in [1.29, 1.82) is 0 Å². The first-order chi connectivity index (χ1) is 9.15. The zero-order chi connectivity index (χ0) is 13.8. The van der Waals surface area contributed by atoms with Crippen molar-refractivity contribution < 1.29 is 5.11 Å². The molecule has 0 fully saturated rings.